The van der Waals surface area contributed by atoms with E-state index in [0.717, 1.165) is 12.8 Å². The fraction of sp³-hybridized carbons (Fsp3) is 0.545. The van der Waals surface area contributed by atoms with Crippen LogP contribution in [0.4, 0.5) is 5.82 Å². The third-order valence-corrected chi connectivity index (χ3v) is 2.73. The van der Waals surface area contributed by atoms with Crippen LogP contribution in [0.2, 0.25) is 0 Å². The van der Waals surface area contributed by atoms with Crippen LogP contribution in [0.25, 0.3) is 0 Å². The summed E-state index contributed by atoms with van der Waals surface area (Å²) in [7, 11) is 1.57. The zero-order valence-corrected chi connectivity index (χ0v) is 9.91. The fourth-order valence-electron chi connectivity index (χ4n) is 1.60. The van der Waals surface area contributed by atoms with E-state index in [4.69, 9.17) is 0 Å². The van der Waals surface area contributed by atoms with E-state index in [9.17, 15) is 9.59 Å². The lowest BCUT2D eigenvalue weighted by molar-refractivity contribution is -0.121. The molecular formula is C11H16N4O2. The van der Waals surface area contributed by atoms with Crippen molar-refractivity contribution < 1.29 is 4.79 Å². The van der Waals surface area contributed by atoms with Crippen molar-refractivity contribution in [3.63, 3.8) is 0 Å². The van der Waals surface area contributed by atoms with Gasteiger partial charge in [-0.15, -0.1) is 0 Å². The van der Waals surface area contributed by atoms with Gasteiger partial charge in [0.25, 0.3) is 5.56 Å². The molecule has 1 heterocycles. The Labute approximate surface area is 98.8 Å². The van der Waals surface area contributed by atoms with Gasteiger partial charge >= 0.3 is 0 Å². The van der Waals surface area contributed by atoms with Crippen LogP contribution in [0, 0.1) is 0 Å². The number of carbonyl (C=O) groups is 1. The fourth-order valence-corrected chi connectivity index (χ4v) is 1.60. The quantitative estimate of drug-likeness (QED) is 0.696. The first-order valence-electron chi connectivity index (χ1n) is 5.69. The third-order valence-electron chi connectivity index (χ3n) is 2.73. The molecule has 6 nitrogen and oxygen atoms in total. The summed E-state index contributed by atoms with van der Waals surface area (Å²) in [6.07, 6.45) is 2.13. The first-order valence-corrected chi connectivity index (χ1v) is 5.69. The van der Waals surface area contributed by atoms with Crippen LogP contribution in [-0.2, 0) is 4.79 Å². The Morgan fingerprint density at radius 3 is 2.88 bits per heavy atom. The van der Waals surface area contributed by atoms with Gasteiger partial charge in [0.15, 0.2) is 0 Å². The second-order valence-electron chi connectivity index (χ2n) is 4.27. The molecule has 1 saturated carbocycles. The van der Waals surface area contributed by atoms with Gasteiger partial charge in [0, 0.05) is 19.0 Å². The SMILES string of the molecule is CNC(=O)C(C)Nc1cc(=O)[nH]c(C2CC2)n1. The summed E-state index contributed by atoms with van der Waals surface area (Å²) in [6.45, 7) is 1.72. The number of rotatable bonds is 4. The molecule has 3 N–H and O–H groups in total. The minimum Gasteiger partial charge on any atom is -0.358 e. The van der Waals surface area contributed by atoms with Crippen LogP contribution >= 0.6 is 0 Å². The van der Waals surface area contributed by atoms with E-state index in [-0.39, 0.29) is 11.5 Å². The van der Waals surface area contributed by atoms with Crippen LogP contribution in [0.3, 0.4) is 0 Å². The number of hydrogen-bond acceptors (Lipinski definition) is 4. The average molecular weight is 236 g/mol. The average Bonchev–Trinajstić information content (AvgIpc) is 3.10. The summed E-state index contributed by atoms with van der Waals surface area (Å²) in [5.41, 5.74) is -0.187. The molecule has 0 radical (unpaired) electrons. The Hall–Kier alpha value is -1.85. The van der Waals surface area contributed by atoms with Gasteiger partial charge in [0.2, 0.25) is 5.91 Å². The maximum absolute atomic E-state index is 11.4. The van der Waals surface area contributed by atoms with Crippen LogP contribution in [0.5, 0.6) is 0 Å². The number of nitrogens with one attached hydrogen (secondary N) is 3. The van der Waals surface area contributed by atoms with Crippen LogP contribution in [0.1, 0.15) is 31.5 Å². The lowest BCUT2D eigenvalue weighted by atomic mass is 10.3. The van der Waals surface area contributed by atoms with Gasteiger partial charge in [-0.3, -0.25) is 9.59 Å². The largest absolute Gasteiger partial charge is 0.358 e. The van der Waals surface area contributed by atoms with Gasteiger partial charge in [-0.25, -0.2) is 4.98 Å². The maximum atomic E-state index is 11.4. The van der Waals surface area contributed by atoms with E-state index in [1.807, 2.05) is 0 Å². The zero-order valence-electron chi connectivity index (χ0n) is 9.91. The molecule has 2 rings (SSSR count). The van der Waals surface area contributed by atoms with Crippen molar-refractivity contribution in [1.29, 1.82) is 0 Å². The lowest BCUT2D eigenvalue weighted by Crippen LogP contribution is -2.35. The summed E-state index contributed by atoms with van der Waals surface area (Å²) in [6, 6.07) is 0.951. The molecule has 1 aromatic rings. The summed E-state index contributed by atoms with van der Waals surface area (Å²) < 4.78 is 0. The second kappa shape index (κ2) is 4.57. The number of carbonyl (C=O) groups excluding carboxylic acids is 1. The van der Waals surface area contributed by atoms with Crippen molar-refractivity contribution in [2.24, 2.45) is 0 Å². The smallest absolute Gasteiger partial charge is 0.252 e. The molecule has 1 aromatic heterocycles. The molecule has 1 atom stereocenters. The van der Waals surface area contributed by atoms with Crippen molar-refractivity contribution in [3.8, 4) is 0 Å². The molecule has 17 heavy (non-hydrogen) atoms. The summed E-state index contributed by atoms with van der Waals surface area (Å²) in [5, 5.41) is 5.45. The number of likely N-dealkylation sites (N-methyl/N-ethyl adjacent to an activating group) is 1. The number of nitrogens with zero attached hydrogens (tertiary/aromatic N) is 1. The summed E-state index contributed by atoms with van der Waals surface area (Å²) >= 11 is 0. The molecule has 1 unspecified atom stereocenters. The van der Waals surface area contributed by atoms with Gasteiger partial charge in [0.05, 0.1) is 0 Å². The van der Waals surface area contributed by atoms with Gasteiger partial charge in [-0.05, 0) is 19.8 Å². The normalized spacial score (nSPS) is 16.4. The standard InChI is InChI=1S/C11H16N4O2/c1-6(11(17)12-2)13-8-5-9(16)15-10(14-8)7-3-4-7/h5-7H,3-4H2,1-2H3,(H,12,17)(H2,13,14,15,16). The van der Waals surface area contributed by atoms with E-state index in [1.165, 1.54) is 6.07 Å². The number of anilines is 1. The van der Waals surface area contributed by atoms with Gasteiger partial charge in [0.1, 0.15) is 17.7 Å². The van der Waals surface area contributed by atoms with Gasteiger partial charge in [-0.2, -0.15) is 0 Å². The van der Waals surface area contributed by atoms with Crippen molar-refractivity contribution in [2.45, 2.75) is 31.7 Å². The molecular weight excluding hydrogens is 220 g/mol. The van der Waals surface area contributed by atoms with E-state index in [2.05, 4.69) is 20.6 Å². The number of amides is 1. The summed E-state index contributed by atoms with van der Waals surface area (Å²) in [5.74, 6) is 1.40. The highest BCUT2D eigenvalue weighted by Gasteiger charge is 2.26. The lowest BCUT2D eigenvalue weighted by Gasteiger charge is -2.13. The molecule has 0 saturated heterocycles. The molecule has 1 aliphatic rings. The monoisotopic (exact) mass is 236 g/mol. The van der Waals surface area contributed by atoms with E-state index >= 15 is 0 Å². The number of aromatic nitrogens is 2. The predicted octanol–water partition coefficient (Wildman–Crippen LogP) is 0.194. The summed E-state index contributed by atoms with van der Waals surface area (Å²) in [4.78, 5) is 29.8. The second-order valence-corrected chi connectivity index (χ2v) is 4.27. The number of hydrogen-bond donors (Lipinski definition) is 3. The van der Waals surface area contributed by atoms with Crippen LogP contribution < -0.4 is 16.2 Å². The number of aromatic amines is 1. The first kappa shape index (κ1) is 11.6. The Bertz CT molecular complexity index is 479. The van der Waals surface area contributed by atoms with Crippen molar-refractivity contribution in [1.82, 2.24) is 15.3 Å². The highest BCUT2D eigenvalue weighted by Crippen LogP contribution is 2.37. The van der Waals surface area contributed by atoms with Gasteiger partial charge < -0.3 is 15.6 Å². The highest BCUT2D eigenvalue weighted by atomic mass is 16.2. The molecule has 0 aromatic carbocycles. The van der Waals surface area contributed by atoms with Gasteiger partial charge in [-0.1, -0.05) is 0 Å². The molecule has 0 aliphatic heterocycles. The van der Waals surface area contributed by atoms with E-state index < -0.39 is 6.04 Å². The molecule has 6 heteroatoms. The highest BCUT2D eigenvalue weighted by molar-refractivity contribution is 5.83. The Kier molecular flexibility index (Phi) is 3.12. The molecule has 1 aliphatic carbocycles. The number of H-pyrrole nitrogens is 1. The Balaban J connectivity index is 2.15. The molecule has 1 amide bonds. The van der Waals surface area contributed by atoms with Crippen LogP contribution in [0.15, 0.2) is 10.9 Å². The van der Waals surface area contributed by atoms with Crippen molar-refractivity contribution >= 4 is 11.7 Å². The van der Waals surface area contributed by atoms with E-state index in [0.29, 0.717) is 17.6 Å². The topological polar surface area (TPSA) is 86.9 Å². The molecule has 0 spiro atoms. The molecule has 92 valence electrons. The maximum Gasteiger partial charge on any atom is 0.252 e. The predicted molar refractivity (Wildman–Crippen MR) is 64.0 cm³/mol. The van der Waals surface area contributed by atoms with Crippen molar-refractivity contribution in [3.05, 3.63) is 22.2 Å². The zero-order chi connectivity index (χ0) is 12.4. The minimum atomic E-state index is -0.415. The Morgan fingerprint density at radius 1 is 1.59 bits per heavy atom. The van der Waals surface area contributed by atoms with Crippen molar-refractivity contribution in [2.75, 3.05) is 12.4 Å². The molecule has 0 bridgehead atoms. The third kappa shape index (κ3) is 2.83. The first-order chi connectivity index (χ1) is 8.10. The minimum absolute atomic E-state index is 0.139. The Morgan fingerprint density at radius 2 is 2.29 bits per heavy atom. The van der Waals surface area contributed by atoms with Crippen LogP contribution in [-0.4, -0.2) is 29.0 Å². The molecule has 1 fully saturated rings. The van der Waals surface area contributed by atoms with E-state index in [1.54, 1.807) is 14.0 Å².